The van der Waals surface area contributed by atoms with E-state index in [0.717, 1.165) is 0 Å². The Bertz CT molecular complexity index is 1230. The van der Waals surface area contributed by atoms with Gasteiger partial charge in [0.25, 0.3) is 11.7 Å². The number of halogens is 1. The number of amides is 1. The van der Waals surface area contributed by atoms with Crippen LogP contribution in [0.1, 0.15) is 36.8 Å². The first kappa shape index (κ1) is 23.1. The van der Waals surface area contributed by atoms with Gasteiger partial charge in [-0.25, -0.2) is 4.39 Å². The van der Waals surface area contributed by atoms with Gasteiger partial charge in [-0.15, -0.1) is 0 Å². The minimum absolute atomic E-state index is 0.0745. The van der Waals surface area contributed by atoms with Gasteiger partial charge in [0.1, 0.15) is 28.8 Å². The lowest BCUT2D eigenvalue weighted by molar-refractivity contribution is -0.140. The van der Waals surface area contributed by atoms with Crippen LogP contribution in [0.5, 0.6) is 11.5 Å². The molecule has 176 valence electrons. The maximum absolute atomic E-state index is 14.9. The summed E-state index contributed by atoms with van der Waals surface area (Å²) < 4.78 is 31.4. The van der Waals surface area contributed by atoms with E-state index in [9.17, 15) is 19.1 Å². The smallest absolute Gasteiger partial charge is 0.296 e. The molecule has 2 aromatic carbocycles. The van der Waals surface area contributed by atoms with Crippen LogP contribution in [0.15, 0.2) is 70.9 Å². The summed E-state index contributed by atoms with van der Waals surface area (Å²) in [5.41, 5.74) is 0.0492. The SMILES string of the molecule is CCOc1ccc(/C(O)=C2\C(=O)C(=O)N(Cc3ccco3)C2c2ccccc2F)c(OCC)c1. The molecule has 1 N–H and O–H groups in total. The average Bonchev–Trinajstić information content (AvgIpc) is 3.42. The first-order valence-electron chi connectivity index (χ1n) is 10.9. The number of ketones is 1. The van der Waals surface area contributed by atoms with Gasteiger partial charge in [0, 0.05) is 11.6 Å². The number of rotatable bonds is 8. The van der Waals surface area contributed by atoms with Crippen molar-refractivity contribution < 1.29 is 33.0 Å². The maximum Gasteiger partial charge on any atom is 0.296 e. The summed E-state index contributed by atoms with van der Waals surface area (Å²) in [6.45, 7) is 4.26. The van der Waals surface area contributed by atoms with E-state index in [-0.39, 0.29) is 29.0 Å². The molecule has 4 rings (SSSR count). The quantitative estimate of drug-likeness (QED) is 0.291. The van der Waals surface area contributed by atoms with Crippen molar-refractivity contribution in [2.75, 3.05) is 13.2 Å². The second kappa shape index (κ2) is 9.82. The van der Waals surface area contributed by atoms with Gasteiger partial charge in [-0.3, -0.25) is 9.59 Å². The fourth-order valence-corrected chi connectivity index (χ4v) is 4.01. The number of likely N-dealkylation sites (tertiary alicyclic amines) is 1. The number of nitrogens with zero attached hydrogens (tertiary/aromatic N) is 1. The van der Waals surface area contributed by atoms with Gasteiger partial charge >= 0.3 is 0 Å². The number of aliphatic hydroxyl groups is 1. The molecule has 3 aromatic rings. The molecule has 1 fully saturated rings. The maximum atomic E-state index is 14.9. The molecule has 7 nitrogen and oxygen atoms in total. The molecule has 1 amide bonds. The zero-order chi connectivity index (χ0) is 24.2. The number of aliphatic hydroxyl groups excluding tert-OH is 1. The number of carbonyl (C=O) groups excluding carboxylic acids is 2. The number of furan rings is 1. The van der Waals surface area contributed by atoms with Crippen LogP contribution >= 0.6 is 0 Å². The fourth-order valence-electron chi connectivity index (χ4n) is 4.01. The van der Waals surface area contributed by atoms with Gasteiger partial charge in [0.2, 0.25) is 0 Å². The minimum atomic E-state index is -1.16. The molecule has 34 heavy (non-hydrogen) atoms. The molecular weight excluding hydrogens is 441 g/mol. The van der Waals surface area contributed by atoms with Gasteiger partial charge in [0.15, 0.2) is 0 Å². The molecule has 1 atom stereocenters. The highest BCUT2D eigenvalue weighted by molar-refractivity contribution is 6.46. The van der Waals surface area contributed by atoms with Crippen LogP contribution in [0, 0.1) is 5.82 Å². The van der Waals surface area contributed by atoms with E-state index in [2.05, 4.69) is 0 Å². The summed E-state index contributed by atoms with van der Waals surface area (Å²) >= 11 is 0. The van der Waals surface area contributed by atoms with Gasteiger partial charge in [-0.05, 0) is 44.2 Å². The molecule has 1 aliphatic heterocycles. The molecule has 1 aromatic heterocycles. The van der Waals surface area contributed by atoms with E-state index in [4.69, 9.17) is 13.9 Å². The van der Waals surface area contributed by atoms with Crippen LogP contribution in [0.3, 0.4) is 0 Å². The molecule has 8 heteroatoms. The number of carbonyl (C=O) groups is 2. The summed E-state index contributed by atoms with van der Waals surface area (Å²) in [7, 11) is 0. The Labute approximate surface area is 196 Å². The Kier molecular flexibility index (Phi) is 6.67. The highest BCUT2D eigenvalue weighted by Gasteiger charge is 2.47. The predicted octanol–water partition coefficient (Wildman–Crippen LogP) is 4.84. The molecule has 1 unspecified atom stereocenters. The van der Waals surface area contributed by atoms with Crippen LogP contribution in [0.25, 0.3) is 5.76 Å². The van der Waals surface area contributed by atoms with Crippen molar-refractivity contribution in [1.82, 2.24) is 4.90 Å². The molecular formula is C26H24FNO6. The Balaban J connectivity index is 1.89. The first-order chi connectivity index (χ1) is 16.5. The normalized spacial score (nSPS) is 17.3. The van der Waals surface area contributed by atoms with Crippen LogP contribution in [-0.4, -0.2) is 34.9 Å². The van der Waals surface area contributed by atoms with Gasteiger partial charge in [0.05, 0.1) is 43.2 Å². The second-order valence-electron chi connectivity index (χ2n) is 7.55. The van der Waals surface area contributed by atoms with E-state index in [0.29, 0.717) is 24.7 Å². The van der Waals surface area contributed by atoms with E-state index in [1.807, 2.05) is 6.92 Å². The Morgan fingerprint density at radius 3 is 2.50 bits per heavy atom. The van der Waals surface area contributed by atoms with Crippen molar-refractivity contribution in [2.45, 2.75) is 26.4 Å². The van der Waals surface area contributed by atoms with Crippen LogP contribution in [-0.2, 0) is 16.1 Å². The minimum Gasteiger partial charge on any atom is -0.507 e. The molecule has 2 heterocycles. The summed E-state index contributed by atoms with van der Waals surface area (Å²) in [4.78, 5) is 27.4. The van der Waals surface area contributed by atoms with Crippen molar-refractivity contribution in [2.24, 2.45) is 0 Å². The van der Waals surface area contributed by atoms with E-state index >= 15 is 0 Å². The lowest BCUT2D eigenvalue weighted by Crippen LogP contribution is -2.29. The standard InChI is InChI=1S/C26H24FNO6/c1-3-32-16-11-12-19(21(14-16)33-4-2)24(29)22-23(18-9-5-6-10-20(18)27)28(26(31)25(22)30)15-17-8-7-13-34-17/h5-14,23,29H,3-4,15H2,1-2H3/b24-22+. The number of benzene rings is 2. The predicted molar refractivity (Wildman–Crippen MR) is 122 cm³/mol. The van der Waals surface area contributed by atoms with Crippen LogP contribution in [0.4, 0.5) is 4.39 Å². The lowest BCUT2D eigenvalue weighted by Gasteiger charge is -2.25. The third-order valence-electron chi connectivity index (χ3n) is 5.47. The summed E-state index contributed by atoms with van der Waals surface area (Å²) in [5.74, 6) is -1.65. The van der Waals surface area contributed by atoms with E-state index in [1.54, 1.807) is 43.3 Å². The van der Waals surface area contributed by atoms with Gasteiger partial charge in [-0.2, -0.15) is 0 Å². The van der Waals surface area contributed by atoms with Crippen molar-refractivity contribution in [3.63, 3.8) is 0 Å². The second-order valence-corrected chi connectivity index (χ2v) is 7.55. The number of hydrogen-bond donors (Lipinski definition) is 1. The highest BCUT2D eigenvalue weighted by atomic mass is 19.1. The topological polar surface area (TPSA) is 89.2 Å². The monoisotopic (exact) mass is 465 g/mol. The first-order valence-corrected chi connectivity index (χ1v) is 10.9. The van der Waals surface area contributed by atoms with E-state index in [1.165, 1.54) is 29.4 Å². The fraction of sp³-hybridized carbons (Fsp3) is 0.231. The molecule has 0 aliphatic carbocycles. The van der Waals surface area contributed by atoms with Crippen LogP contribution < -0.4 is 9.47 Å². The summed E-state index contributed by atoms with van der Waals surface area (Å²) in [5, 5.41) is 11.3. The molecule has 1 aliphatic rings. The number of Topliss-reactive ketones (excluding diaryl/α,β-unsaturated/α-hetero) is 1. The van der Waals surface area contributed by atoms with Crippen LogP contribution in [0.2, 0.25) is 0 Å². The zero-order valence-corrected chi connectivity index (χ0v) is 18.8. The molecule has 1 saturated heterocycles. The average molecular weight is 465 g/mol. The number of hydrogen-bond acceptors (Lipinski definition) is 6. The summed E-state index contributed by atoms with van der Waals surface area (Å²) in [6, 6.07) is 12.7. The van der Waals surface area contributed by atoms with Gasteiger partial charge in [-0.1, -0.05) is 18.2 Å². The number of ether oxygens (including phenoxy) is 2. The van der Waals surface area contributed by atoms with Gasteiger partial charge < -0.3 is 23.9 Å². The molecule has 0 radical (unpaired) electrons. The Morgan fingerprint density at radius 1 is 1.06 bits per heavy atom. The third kappa shape index (κ3) is 4.26. The largest absolute Gasteiger partial charge is 0.507 e. The molecule has 0 spiro atoms. The molecule has 0 bridgehead atoms. The van der Waals surface area contributed by atoms with Crippen molar-refractivity contribution in [3.05, 3.63) is 89.1 Å². The van der Waals surface area contributed by atoms with Crippen molar-refractivity contribution in [3.8, 4) is 11.5 Å². The van der Waals surface area contributed by atoms with Crippen molar-refractivity contribution in [1.29, 1.82) is 0 Å². The zero-order valence-electron chi connectivity index (χ0n) is 18.8. The molecule has 0 saturated carbocycles. The summed E-state index contributed by atoms with van der Waals surface area (Å²) in [6.07, 6.45) is 1.44. The van der Waals surface area contributed by atoms with Crippen molar-refractivity contribution >= 4 is 17.4 Å². The third-order valence-corrected chi connectivity index (χ3v) is 5.47. The van der Waals surface area contributed by atoms with E-state index < -0.39 is 29.3 Å². The lowest BCUT2D eigenvalue weighted by atomic mass is 9.94. The Hall–Kier alpha value is -4.07. The Morgan fingerprint density at radius 2 is 1.82 bits per heavy atom. The highest BCUT2D eigenvalue weighted by Crippen LogP contribution is 2.43.